The fraction of sp³-hybridized carbons (Fsp3) is 0.518. The molecule has 0 radical (unpaired) electrons. The summed E-state index contributed by atoms with van der Waals surface area (Å²) in [5, 5.41) is 10.9. The summed E-state index contributed by atoms with van der Waals surface area (Å²) in [4.78, 5) is 90.3. The van der Waals surface area contributed by atoms with Gasteiger partial charge in [0.15, 0.2) is 0 Å². The molecule has 0 aromatic heterocycles. The van der Waals surface area contributed by atoms with Crippen molar-refractivity contribution in [3.8, 4) is 11.8 Å². The van der Waals surface area contributed by atoms with Gasteiger partial charge in [0.25, 0.3) is 0 Å². The van der Waals surface area contributed by atoms with Crippen molar-refractivity contribution in [1.29, 1.82) is 0 Å². The second kappa shape index (κ2) is 32.5. The van der Waals surface area contributed by atoms with E-state index in [1.807, 2.05) is 83.1 Å². The van der Waals surface area contributed by atoms with E-state index in [4.69, 9.17) is 28.4 Å². The third-order valence-corrected chi connectivity index (χ3v) is 11.4. The lowest BCUT2D eigenvalue weighted by Gasteiger charge is -2.26. The Labute approximate surface area is 435 Å². The molecule has 18 nitrogen and oxygen atoms in total. The molecule has 4 N–H and O–H groups in total. The average molecular weight is 1030 g/mol. The fourth-order valence-electron chi connectivity index (χ4n) is 7.14. The number of hydrogen-bond donors (Lipinski definition) is 4. The van der Waals surface area contributed by atoms with Crippen molar-refractivity contribution in [1.82, 2.24) is 16.0 Å². The van der Waals surface area contributed by atoms with E-state index in [2.05, 4.69) is 33.1 Å². The number of benzene rings is 3. The number of ether oxygens (including phenoxy) is 6. The molecule has 0 aliphatic carbocycles. The molecule has 1 aliphatic heterocycles. The summed E-state index contributed by atoms with van der Waals surface area (Å²) in [6.45, 7) is 14.6. The average Bonchev–Trinajstić information content (AvgIpc) is 3.36. The van der Waals surface area contributed by atoms with E-state index in [0.717, 1.165) is 22.4 Å². The lowest BCUT2D eigenvalue weighted by Crippen LogP contribution is -2.45. The maximum absolute atomic E-state index is 13.3. The number of rotatable bonds is 32. The highest BCUT2D eigenvalue weighted by Gasteiger charge is 2.28. The molecule has 18 heteroatoms. The monoisotopic (exact) mass is 1030 g/mol. The van der Waals surface area contributed by atoms with Crippen LogP contribution < -0.4 is 26.2 Å². The van der Waals surface area contributed by atoms with Crippen LogP contribution in [0.3, 0.4) is 0 Å². The summed E-state index contributed by atoms with van der Waals surface area (Å²) in [5.74, 6) is 3.99. The number of anilines is 2. The highest BCUT2D eigenvalue weighted by atomic mass is 16.6. The summed E-state index contributed by atoms with van der Waals surface area (Å²) < 4.78 is 32.6. The number of fused-ring (bicyclic) bond motifs is 2. The molecular formula is C56H75N5O13. The predicted molar refractivity (Wildman–Crippen MR) is 279 cm³/mol. The Bertz CT molecular complexity index is 2360. The van der Waals surface area contributed by atoms with E-state index < -0.39 is 29.9 Å². The van der Waals surface area contributed by atoms with Gasteiger partial charge in [-0.3, -0.25) is 28.8 Å². The molecule has 1 aliphatic rings. The van der Waals surface area contributed by atoms with Crippen LogP contribution in [-0.4, -0.2) is 120 Å². The molecule has 0 fully saturated rings. The Morgan fingerprint density at radius 1 is 0.649 bits per heavy atom. The van der Waals surface area contributed by atoms with Gasteiger partial charge in [0, 0.05) is 67.9 Å². The van der Waals surface area contributed by atoms with Gasteiger partial charge in [-0.15, -0.1) is 0 Å². The summed E-state index contributed by atoms with van der Waals surface area (Å²) in [6, 6.07) is 21.1. The second-order valence-electron chi connectivity index (χ2n) is 19.3. The van der Waals surface area contributed by atoms with E-state index in [0.29, 0.717) is 63.9 Å². The van der Waals surface area contributed by atoms with Gasteiger partial charge >= 0.3 is 12.1 Å². The van der Waals surface area contributed by atoms with Gasteiger partial charge in [0.05, 0.1) is 71.7 Å². The number of carbonyl (C=O) groups is 7. The molecule has 3 aromatic rings. The Hall–Kier alpha value is -6.65. The first-order valence-electron chi connectivity index (χ1n) is 25.3. The zero-order chi connectivity index (χ0) is 53.7. The van der Waals surface area contributed by atoms with Crippen LogP contribution in [0.4, 0.5) is 16.2 Å². The van der Waals surface area contributed by atoms with Crippen molar-refractivity contribution < 1.29 is 62.0 Å². The highest BCUT2D eigenvalue weighted by Crippen LogP contribution is 2.26. The Kier molecular flexibility index (Phi) is 26.3. The molecule has 0 saturated carbocycles. The van der Waals surface area contributed by atoms with E-state index in [-0.39, 0.29) is 107 Å². The number of nitrogens with zero attached hydrogens (tertiary/aromatic N) is 1. The smallest absolute Gasteiger partial charge is 0.407 e. The Morgan fingerprint density at radius 2 is 1.26 bits per heavy atom. The summed E-state index contributed by atoms with van der Waals surface area (Å²) >= 11 is 0. The van der Waals surface area contributed by atoms with Crippen molar-refractivity contribution >= 4 is 52.8 Å². The molecule has 5 amide bonds. The first-order chi connectivity index (χ1) is 35.5. The lowest BCUT2D eigenvalue weighted by atomic mass is 9.89. The standard InChI is InChI=1S/C56H75N5O13/c1-40(2)48(54(67)59-41(3)53(66)60-46-21-17-42(18-22-46)38-73-55(68)58-26-11-16-52(65)74-39-56(4,5)6)36-47(62)24-28-69-30-32-71-34-35-72-33-31-70-29-25-50(63)57-27-23-51(64)61-37-45-14-8-7-12-43(45)19-20-44-13-9-10-15-49(44)61/h7-10,12-15,17-18,21-22,40-41,48H,11,16,23-39H2,1-6H3,(H,57,63)(H,58,68)(H,59,67)(H,60,66)/t41-,48-/m0/s1. The minimum atomic E-state index is -0.883. The predicted octanol–water partition coefficient (Wildman–Crippen LogP) is 6.26. The van der Waals surface area contributed by atoms with Crippen molar-refractivity contribution in [3.63, 3.8) is 0 Å². The Morgan fingerprint density at radius 3 is 1.92 bits per heavy atom. The van der Waals surface area contributed by atoms with E-state index in [1.54, 1.807) is 36.1 Å². The number of esters is 1. The molecule has 0 unspecified atom stereocenters. The van der Waals surface area contributed by atoms with E-state index in [9.17, 15) is 33.6 Å². The third-order valence-electron chi connectivity index (χ3n) is 11.4. The topological polar surface area (TPSA) is 226 Å². The highest BCUT2D eigenvalue weighted by molar-refractivity contribution is 5.98. The maximum atomic E-state index is 13.3. The van der Waals surface area contributed by atoms with Crippen LogP contribution in [0.25, 0.3) is 0 Å². The number of Topliss-reactive ketones (excluding diaryl/α,β-unsaturated/α-hetero) is 1. The van der Waals surface area contributed by atoms with Crippen LogP contribution in [0, 0.1) is 29.1 Å². The molecule has 3 aromatic carbocycles. The number of alkyl carbamates (subject to hydrolysis) is 1. The second-order valence-corrected chi connectivity index (χ2v) is 19.3. The number of nitrogens with one attached hydrogen (secondary N) is 4. The van der Waals surface area contributed by atoms with Crippen molar-refractivity contribution in [3.05, 3.63) is 95.1 Å². The van der Waals surface area contributed by atoms with Crippen LogP contribution in [-0.2, 0) is 70.3 Å². The maximum Gasteiger partial charge on any atom is 0.407 e. The van der Waals surface area contributed by atoms with Gasteiger partial charge in [-0.2, -0.15) is 0 Å². The molecule has 74 heavy (non-hydrogen) atoms. The summed E-state index contributed by atoms with van der Waals surface area (Å²) in [5.41, 5.74) is 4.42. The third kappa shape index (κ3) is 23.5. The number of amides is 5. The molecule has 4 rings (SSSR count). The van der Waals surface area contributed by atoms with Gasteiger partial charge in [0.2, 0.25) is 23.6 Å². The van der Waals surface area contributed by atoms with E-state index in [1.165, 1.54) is 0 Å². The minimum Gasteiger partial charge on any atom is -0.465 e. The summed E-state index contributed by atoms with van der Waals surface area (Å²) in [7, 11) is 0. The fourth-order valence-corrected chi connectivity index (χ4v) is 7.14. The van der Waals surface area contributed by atoms with Crippen LogP contribution in [0.15, 0.2) is 72.8 Å². The zero-order valence-electron chi connectivity index (χ0n) is 43.8. The van der Waals surface area contributed by atoms with Gasteiger partial charge in [-0.05, 0) is 66.1 Å². The Balaban J connectivity index is 0.967. The first-order valence-corrected chi connectivity index (χ1v) is 25.3. The largest absolute Gasteiger partial charge is 0.465 e. The number of para-hydroxylation sites is 1. The number of carbonyl (C=O) groups excluding carboxylic acids is 7. The van der Waals surface area contributed by atoms with Gasteiger partial charge in [-0.1, -0.05) is 88.9 Å². The van der Waals surface area contributed by atoms with Gasteiger partial charge < -0.3 is 54.6 Å². The van der Waals surface area contributed by atoms with Crippen LogP contribution in [0.2, 0.25) is 0 Å². The van der Waals surface area contributed by atoms with Crippen molar-refractivity contribution in [2.24, 2.45) is 17.3 Å². The van der Waals surface area contributed by atoms with Crippen molar-refractivity contribution in [2.45, 2.75) is 99.3 Å². The molecule has 2 atom stereocenters. The van der Waals surface area contributed by atoms with Crippen LogP contribution >= 0.6 is 0 Å². The minimum absolute atomic E-state index is 0.00220. The molecule has 0 spiro atoms. The van der Waals surface area contributed by atoms with E-state index >= 15 is 0 Å². The lowest BCUT2D eigenvalue weighted by molar-refractivity contribution is -0.146. The van der Waals surface area contributed by atoms with Gasteiger partial charge in [0.1, 0.15) is 18.4 Å². The molecule has 0 bridgehead atoms. The van der Waals surface area contributed by atoms with Gasteiger partial charge in [-0.25, -0.2) is 4.79 Å². The van der Waals surface area contributed by atoms with Crippen molar-refractivity contribution in [2.75, 3.05) is 82.8 Å². The zero-order valence-corrected chi connectivity index (χ0v) is 43.8. The normalized spacial score (nSPS) is 12.6. The quantitative estimate of drug-likeness (QED) is 0.0308. The molecule has 1 heterocycles. The number of hydrogen-bond acceptors (Lipinski definition) is 13. The summed E-state index contributed by atoms with van der Waals surface area (Å²) in [6.07, 6.45) is 0.402. The number of ketones is 1. The molecule has 402 valence electrons. The van der Waals surface area contributed by atoms with Crippen LogP contribution in [0.5, 0.6) is 0 Å². The van der Waals surface area contributed by atoms with Crippen LogP contribution in [0.1, 0.15) is 102 Å². The first kappa shape index (κ1) is 59.9. The molecular weight excluding hydrogens is 951 g/mol. The SMILES string of the molecule is CC(C)[C@H](CC(=O)CCOCCOCCOCCOCCC(=O)NCCC(=O)N1Cc2ccccc2C#Cc2ccccc21)C(=O)N[C@@H](C)C(=O)Nc1ccc(COC(=O)NCCCC(=O)OCC(C)(C)C)cc1. The molecule has 0 saturated heterocycles.